The second-order valence-electron chi connectivity index (χ2n) is 4.10. The number of rotatable bonds is 6. The lowest BCUT2D eigenvalue weighted by Crippen LogP contribution is -2.29. The fraction of sp³-hybridized carbons (Fsp3) is 0.364. The Morgan fingerprint density at radius 1 is 1.45 bits per heavy atom. The Balaban J connectivity index is 3.18. The van der Waals surface area contributed by atoms with Crippen LogP contribution in [-0.2, 0) is 20.8 Å². The minimum Gasteiger partial charge on any atom is -0.478 e. The van der Waals surface area contributed by atoms with Gasteiger partial charge in [-0.1, -0.05) is 0 Å². The van der Waals surface area contributed by atoms with E-state index in [0.29, 0.717) is 5.56 Å². The van der Waals surface area contributed by atoms with Gasteiger partial charge in [0, 0.05) is 29.4 Å². The van der Waals surface area contributed by atoms with Crippen LogP contribution in [0.15, 0.2) is 17.0 Å². The predicted molar refractivity (Wildman–Crippen MR) is 72.2 cm³/mol. The minimum absolute atomic E-state index is 0.0818. The summed E-state index contributed by atoms with van der Waals surface area (Å²) in [5.41, 5.74) is -0.396. The molecule has 1 atom stereocenters. The van der Waals surface area contributed by atoms with Gasteiger partial charge < -0.3 is 5.11 Å². The molecule has 0 heterocycles. The number of sulfonamides is 1. The van der Waals surface area contributed by atoms with Crippen molar-refractivity contribution in [1.29, 1.82) is 0 Å². The molecule has 20 heavy (non-hydrogen) atoms. The van der Waals surface area contributed by atoms with Gasteiger partial charge in [0.2, 0.25) is 10.0 Å². The van der Waals surface area contributed by atoms with Crippen LogP contribution >= 0.6 is 0 Å². The molecule has 0 saturated heterocycles. The molecule has 1 rings (SSSR count). The first kappa shape index (κ1) is 16.7. The Kier molecular flexibility index (Phi) is 5.37. The van der Waals surface area contributed by atoms with Crippen LogP contribution < -0.4 is 4.72 Å². The van der Waals surface area contributed by atoms with E-state index in [2.05, 4.69) is 4.72 Å². The van der Waals surface area contributed by atoms with Crippen molar-refractivity contribution in [2.45, 2.75) is 11.8 Å². The zero-order valence-electron chi connectivity index (χ0n) is 10.8. The molecular weight excluding hydrogens is 309 g/mol. The fourth-order valence-corrected chi connectivity index (χ4v) is 3.22. The molecule has 0 spiro atoms. The Bertz CT molecular complexity index is 657. The number of aromatic carboxylic acids is 1. The van der Waals surface area contributed by atoms with Gasteiger partial charge >= 0.3 is 5.97 Å². The van der Waals surface area contributed by atoms with E-state index in [4.69, 9.17) is 5.11 Å². The SMILES string of the molecule is Cc1cc(C(=O)O)c(F)c(S(=O)(=O)NCCS(C)=O)c1. The van der Waals surface area contributed by atoms with Crippen molar-refractivity contribution in [2.75, 3.05) is 18.6 Å². The fourth-order valence-electron chi connectivity index (χ4n) is 1.48. The van der Waals surface area contributed by atoms with Crippen molar-refractivity contribution < 1.29 is 26.9 Å². The van der Waals surface area contributed by atoms with Crippen LogP contribution in [0.5, 0.6) is 0 Å². The minimum atomic E-state index is -4.19. The van der Waals surface area contributed by atoms with E-state index in [9.17, 15) is 21.8 Å². The van der Waals surface area contributed by atoms with Crippen LogP contribution in [0.4, 0.5) is 4.39 Å². The number of hydrogen-bond acceptors (Lipinski definition) is 4. The molecule has 112 valence electrons. The van der Waals surface area contributed by atoms with Gasteiger partial charge in [-0.2, -0.15) is 0 Å². The Morgan fingerprint density at radius 2 is 2.05 bits per heavy atom. The van der Waals surface area contributed by atoms with Crippen molar-refractivity contribution in [3.8, 4) is 0 Å². The van der Waals surface area contributed by atoms with Gasteiger partial charge in [0.05, 0.1) is 5.56 Å². The summed E-state index contributed by atoms with van der Waals surface area (Å²) in [6.07, 6.45) is 1.41. The lowest BCUT2D eigenvalue weighted by molar-refractivity contribution is 0.0691. The second kappa shape index (κ2) is 6.42. The molecule has 0 amide bonds. The van der Waals surface area contributed by atoms with Gasteiger partial charge in [0.15, 0.2) is 5.82 Å². The third kappa shape index (κ3) is 4.09. The number of carboxylic acids is 1. The molecule has 0 aliphatic rings. The number of benzene rings is 1. The summed E-state index contributed by atoms with van der Waals surface area (Å²) in [6.45, 7) is 1.34. The molecule has 0 aliphatic heterocycles. The van der Waals surface area contributed by atoms with Gasteiger partial charge in [-0.15, -0.1) is 0 Å². The zero-order chi connectivity index (χ0) is 15.5. The van der Waals surface area contributed by atoms with Crippen LogP contribution in [0.1, 0.15) is 15.9 Å². The summed E-state index contributed by atoms with van der Waals surface area (Å²) < 4.78 is 50.7. The smallest absolute Gasteiger partial charge is 0.338 e. The molecule has 1 aromatic rings. The predicted octanol–water partition coefficient (Wildman–Crippen LogP) is 0.489. The van der Waals surface area contributed by atoms with Crippen molar-refractivity contribution in [3.63, 3.8) is 0 Å². The molecule has 0 bridgehead atoms. The van der Waals surface area contributed by atoms with Crippen molar-refractivity contribution in [1.82, 2.24) is 4.72 Å². The van der Waals surface area contributed by atoms with Gasteiger partial charge in [0.25, 0.3) is 0 Å². The van der Waals surface area contributed by atoms with Crippen LogP contribution in [-0.4, -0.2) is 42.3 Å². The highest BCUT2D eigenvalue weighted by Gasteiger charge is 2.24. The van der Waals surface area contributed by atoms with Crippen molar-refractivity contribution >= 4 is 26.8 Å². The summed E-state index contributed by atoms with van der Waals surface area (Å²) in [5.74, 6) is -2.77. The van der Waals surface area contributed by atoms with E-state index in [-0.39, 0.29) is 12.3 Å². The van der Waals surface area contributed by atoms with Gasteiger partial charge in [-0.05, 0) is 24.6 Å². The Morgan fingerprint density at radius 3 is 2.55 bits per heavy atom. The molecule has 6 nitrogen and oxygen atoms in total. The first-order chi connectivity index (χ1) is 9.15. The quantitative estimate of drug-likeness (QED) is 0.793. The highest BCUT2D eigenvalue weighted by atomic mass is 32.2. The molecule has 1 unspecified atom stereocenters. The van der Waals surface area contributed by atoms with E-state index < -0.39 is 43.1 Å². The number of carboxylic acid groups (broad SMARTS) is 1. The van der Waals surface area contributed by atoms with E-state index in [1.54, 1.807) is 0 Å². The van der Waals surface area contributed by atoms with Gasteiger partial charge in [-0.25, -0.2) is 22.3 Å². The molecule has 0 saturated carbocycles. The lowest BCUT2D eigenvalue weighted by atomic mass is 10.1. The number of hydrogen-bond donors (Lipinski definition) is 2. The van der Waals surface area contributed by atoms with E-state index >= 15 is 0 Å². The van der Waals surface area contributed by atoms with Gasteiger partial charge in [-0.3, -0.25) is 4.21 Å². The number of halogens is 1. The summed E-state index contributed by atoms with van der Waals surface area (Å²) in [5, 5.41) is 8.83. The molecule has 2 N–H and O–H groups in total. The summed E-state index contributed by atoms with van der Waals surface area (Å²) in [4.78, 5) is 10.1. The largest absolute Gasteiger partial charge is 0.478 e. The Hall–Kier alpha value is -1.32. The number of aryl methyl sites for hydroxylation is 1. The maximum absolute atomic E-state index is 13.9. The van der Waals surface area contributed by atoms with Crippen LogP contribution in [0, 0.1) is 12.7 Å². The summed E-state index contributed by atoms with van der Waals surface area (Å²) in [7, 11) is -5.38. The number of nitrogens with one attached hydrogen (secondary N) is 1. The summed E-state index contributed by atoms with van der Waals surface area (Å²) in [6, 6.07) is 2.10. The van der Waals surface area contributed by atoms with Crippen molar-refractivity contribution in [3.05, 3.63) is 29.1 Å². The van der Waals surface area contributed by atoms with Crippen LogP contribution in [0.25, 0.3) is 0 Å². The molecule has 9 heteroatoms. The third-order valence-corrected chi connectivity index (χ3v) is 4.62. The topological polar surface area (TPSA) is 101 Å². The molecule has 0 aromatic heterocycles. The monoisotopic (exact) mass is 323 g/mol. The zero-order valence-corrected chi connectivity index (χ0v) is 12.5. The maximum atomic E-state index is 13.9. The lowest BCUT2D eigenvalue weighted by Gasteiger charge is -2.10. The average molecular weight is 323 g/mol. The summed E-state index contributed by atoms with van der Waals surface area (Å²) >= 11 is 0. The maximum Gasteiger partial charge on any atom is 0.338 e. The van der Waals surface area contributed by atoms with Crippen LogP contribution in [0.3, 0.4) is 0 Å². The Labute approximate surface area is 118 Å². The highest BCUT2D eigenvalue weighted by Crippen LogP contribution is 2.20. The van der Waals surface area contributed by atoms with E-state index in [0.717, 1.165) is 12.1 Å². The van der Waals surface area contributed by atoms with Crippen LogP contribution in [0.2, 0.25) is 0 Å². The molecule has 0 aliphatic carbocycles. The van der Waals surface area contributed by atoms with Crippen molar-refractivity contribution in [2.24, 2.45) is 0 Å². The second-order valence-corrected chi connectivity index (χ2v) is 7.39. The van der Waals surface area contributed by atoms with E-state index in [1.807, 2.05) is 0 Å². The molecular formula is C11H14FNO5S2. The number of carbonyl (C=O) groups is 1. The molecule has 0 fully saturated rings. The standard InChI is InChI=1S/C11H14FNO5S2/c1-7-5-8(11(14)15)10(12)9(6-7)20(17,18)13-3-4-19(2)16/h5-6,13H,3-4H2,1-2H3,(H,14,15). The van der Waals surface area contributed by atoms with E-state index in [1.165, 1.54) is 13.2 Å². The van der Waals surface area contributed by atoms with Gasteiger partial charge in [0.1, 0.15) is 4.90 Å². The first-order valence-electron chi connectivity index (χ1n) is 5.48. The first-order valence-corrected chi connectivity index (χ1v) is 8.69. The highest BCUT2D eigenvalue weighted by molar-refractivity contribution is 7.89. The normalized spacial score (nSPS) is 13.2. The molecule has 0 radical (unpaired) electrons. The average Bonchev–Trinajstić information content (AvgIpc) is 2.30. The third-order valence-electron chi connectivity index (χ3n) is 2.39. The molecule has 1 aromatic carbocycles.